The number of carbonyl (C=O) groups is 1. The van der Waals surface area contributed by atoms with Gasteiger partial charge in [-0.1, -0.05) is 48.0 Å². The van der Waals surface area contributed by atoms with Crippen LogP contribution < -0.4 is 0 Å². The molecule has 0 spiro atoms. The van der Waals surface area contributed by atoms with Crippen molar-refractivity contribution in [1.82, 2.24) is 0 Å². The molecule has 0 aliphatic heterocycles. The normalized spacial score (nSPS) is 12.0. The van der Waals surface area contributed by atoms with E-state index in [4.69, 9.17) is 11.6 Å². The summed E-state index contributed by atoms with van der Waals surface area (Å²) in [7, 11) is 0. The highest BCUT2D eigenvalue weighted by Crippen LogP contribution is 2.39. The lowest BCUT2D eigenvalue weighted by molar-refractivity contribution is 0.0986. The van der Waals surface area contributed by atoms with E-state index in [1.54, 1.807) is 11.8 Å². The number of ketones is 1. The number of hydrogen-bond acceptors (Lipinski definition) is 3. The molecule has 0 aliphatic rings. The van der Waals surface area contributed by atoms with Gasteiger partial charge in [-0.2, -0.15) is 0 Å². The number of thioether (sulfide) groups is 1. The fourth-order valence-electron chi connectivity index (χ4n) is 2.27. The second kappa shape index (κ2) is 7.82. The molecule has 1 atom stereocenters. The molecule has 0 saturated heterocycles. The number of Topliss-reactive ketones (excluding diaryl/α,β-unsaturated/α-hetero) is 1. The average molecular weight is 359 g/mol. The molecule has 0 fully saturated rings. The standard InChI is InChI=1S/C19H15ClOS2/c20-15-10-8-14(9-11-15)19(23-16-5-2-1-3-6-16)13-17(21)18-7-4-12-22-18/h1-12,19H,13H2. The van der Waals surface area contributed by atoms with Crippen LogP contribution in [0.25, 0.3) is 0 Å². The molecule has 0 aliphatic carbocycles. The number of hydrogen-bond donors (Lipinski definition) is 0. The van der Waals surface area contributed by atoms with E-state index in [0.29, 0.717) is 11.4 Å². The van der Waals surface area contributed by atoms with Gasteiger partial charge < -0.3 is 0 Å². The first-order valence-electron chi connectivity index (χ1n) is 7.26. The molecule has 1 nitrogen and oxygen atoms in total. The maximum Gasteiger partial charge on any atom is 0.174 e. The summed E-state index contributed by atoms with van der Waals surface area (Å²) in [4.78, 5) is 14.5. The zero-order valence-corrected chi connectivity index (χ0v) is 14.7. The van der Waals surface area contributed by atoms with E-state index < -0.39 is 0 Å². The Bertz CT molecular complexity index is 752. The molecule has 0 amide bonds. The minimum Gasteiger partial charge on any atom is -0.293 e. The highest BCUT2D eigenvalue weighted by Gasteiger charge is 2.19. The summed E-state index contributed by atoms with van der Waals surface area (Å²) < 4.78 is 0. The molecular weight excluding hydrogens is 344 g/mol. The zero-order chi connectivity index (χ0) is 16.1. The molecule has 116 valence electrons. The van der Waals surface area contributed by atoms with Gasteiger partial charge in [-0.25, -0.2) is 0 Å². The van der Waals surface area contributed by atoms with Gasteiger partial charge in [0.05, 0.1) is 4.88 Å². The smallest absolute Gasteiger partial charge is 0.174 e. The Hall–Kier alpha value is -1.55. The number of benzene rings is 2. The van der Waals surface area contributed by atoms with Crippen molar-refractivity contribution < 1.29 is 4.79 Å². The Morgan fingerprint density at radius 1 is 1.00 bits per heavy atom. The maximum absolute atomic E-state index is 12.5. The van der Waals surface area contributed by atoms with Crippen molar-refractivity contribution in [3.05, 3.63) is 87.6 Å². The van der Waals surface area contributed by atoms with Gasteiger partial charge in [0, 0.05) is 21.6 Å². The van der Waals surface area contributed by atoms with Gasteiger partial charge in [-0.3, -0.25) is 4.79 Å². The van der Waals surface area contributed by atoms with E-state index in [0.717, 1.165) is 15.3 Å². The van der Waals surface area contributed by atoms with E-state index in [1.165, 1.54) is 11.3 Å². The SMILES string of the molecule is O=C(CC(Sc1ccccc1)c1ccc(Cl)cc1)c1cccs1. The quantitative estimate of drug-likeness (QED) is 0.369. The van der Waals surface area contributed by atoms with Crippen molar-refractivity contribution in [2.75, 3.05) is 0 Å². The average Bonchev–Trinajstić information content (AvgIpc) is 3.10. The first-order valence-corrected chi connectivity index (χ1v) is 9.40. The van der Waals surface area contributed by atoms with Gasteiger partial charge in [0.15, 0.2) is 5.78 Å². The van der Waals surface area contributed by atoms with E-state index >= 15 is 0 Å². The van der Waals surface area contributed by atoms with Gasteiger partial charge in [0.1, 0.15) is 0 Å². The van der Waals surface area contributed by atoms with Crippen LogP contribution in [0.1, 0.15) is 26.9 Å². The summed E-state index contributed by atoms with van der Waals surface area (Å²) in [5.74, 6) is 0.184. The van der Waals surface area contributed by atoms with E-state index in [1.807, 2.05) is 60.0 Å². The number of rotatable bonds is 6. The Morgan fingerprint density at radius 2 is 1.74 bits per heavy atom. The van der Waals surface area contributed by atoms with Crippen molar-refractivity contribution in [2.45, 2.75) is 16.6 Å². The lowest BCUT2D eigenvalue weighted by Gasteiger charge is -2.16. The molecule has 1 unspecified atom stereocenters. The summed E-state index contributed by atoms with van der Waals surface area (Å²) in [5.41, 5.74) is 1.12. The molecule has 1 heterocycles. The molecule has 1 aromatic heterocycles. The third-order valence-corrected chi connectivity index (χ3v) is 5.86. The lowest BCUT2D eigenvalue weighted by Crippen LogP contribution is -2.04. The monoisotopic (exact) mass is 358 g/mol. The maximum atomic E-state index is 12.5. The van der Waals surface area contributed by atoms with E-state index in [9.17, 15) is 4.79 Å². The topological polar surface area (TPSA) is 17.1 Å². The predicted molar refractivity (Wildman–Crippen MR) is 99.8 cm³/mol. The van der Waals surface area contributed by atoms with Crippen LogP contribution in [0, 0.1) is 0 Å². The highest BCUT2D eigenvalue weighted by atomic mass is 35.5. The largest absolute Gasteiger partial charge is 0.293 e. The predicted octanol–water partition coefficient (Wildman–Crippen LogP) is 6.51. The third kappa shape index (κ3) is 4.47. The Balaban J connectivity index is 1.83. The number of carbonyl (C=O) groups excluding carboxylic acids is 1. The van der Waals surface area contributed by atoms with E-state index in [-0.39, 0.29) is 11.0 Å². The molecular formula is C19H15ClOS2. The van der Waals surface area contributed by atoms with Gasteiger partial charge in [-0.05, 0) is 41.3 Å². The van der Waals surface area contributed by atoms with Crippen molar-refractivity contribution in [2.24, 2.45) is 0 Å². The third-order valence-electron chi connectivity index (χ3n) is 3.43. The van der Waals surface area contributed by atoms with Gasteiger partial charge in [0.2, 0.25) is 0 Å². The second-order valence-corrected chi connectivity index (χ2v) is 7.74. The Kier molecular flexibility index (Phi) is 5.55. The van der Waals surface area contributed by atoms with Crippen LogP contribution in [0.2, 0.25) is 5.02 Å². The minimum absolute atomic E-state index is 0.0734. The van der Waals surface area contributed by atoms with Gasteiger partial charge in [-0.15, -0.1) is 23.1 Å². The summed E-state index contributed by atoms with van der Waals surface area (Å²) in [6, 6.07) is 21.7. The first kappa shape index (κ1) is 16.3. The fraction of sp³-hybridized carbons (Fsp3) is 0.105. The van der Waals surface area contributed by atoms with Crippen molar-refractivity contribution >= 4 is 40.5 Å². The minimum atomic E-state index is 0.0734. The Labute approximate surface area is 149 Å². The van der Waals surface area contributed by atoms with Crippen molar-refractivity contribution in [1.29, 1.82) is 0 Å². The van der Waals surface area contributed by atoms with Crippen LogP contribution in [-0.2, 0) is 0 Å². The molecule has 23 heavy (non-hydrogen) atoms. The number of halogens is 1. The summed E-state index contributed by atoms with van der Waals surface area (Å²) in [6.07, 6.45) is 0.474. The Morgan fingerprint density at radius 3 is 2.39 bits per heavy atom. The highest BCUT2D eigenvalue weighted by molar-refractivity contribution is 7.99. The van der Waals surface area contributed by atoms with Crippen LogP contribution in [0.5, 0.6) is 0 Å². The van der Waals surface area contributed by atoms with Crippen molar-refractivity contribution in [3.8, 4) is 0 Å². The van der Waals surface area contributed by atoms with Crippen LogP contribution in [0.3, 0.4) is 0 Å². The second-order valence-electron chi connectivity index (χ2n) is 5.08. The zero-order valence-electron chi connectivity index (χ0n) is 12.3. The van der Waals surface area contributed by atoms with Crippen LogP contribution in [0.4, 0.5) is 0 Å². The van der Waals surface area contributed by atoms with E-state index in [2.05, 4.69) is 12.1 Å². The van der Waals surface area contributed by atoms with Crippen molar-refractivity contribution in [3.63, 3.8) is 0 Å². The first-order chi connectivity index (χ1) is 11.2. The summed E-state index contributed by atoms with van der Waals surface area (Å²) >= 11 is 9.20. The molecule has 0 saturated carbocycles. The summed E-state index contributed by atoms with van der Waals surface area (Å²) in [6.45, 7) is 0. The molecule has 0 bridgehead atoms. The van der Waals surface area contributed by atoms with Gasteiger partial charge >= 0.3 is 0 Å². The molecule has 3 rings (SSSR count). The molecule has 2 aromatic carbocycles. The van der Waals surface area contributed by atoms with Crippen LogP contribution >= 0.6 is 34.7 Å². The van der Waals surface area contributed by atoms with Crippen LogP contribution in [0.15, 0.2) is 77.0 Å². The lowest BCUT2D eigenvalue weighted by atomic mass is 10.1. The van der Waals surface area contributed by atoms with Gasteiger partial charge in [0.25, 0.3) is 0 Å². The fourth-order valence-corrected chi connectivity index (χ4v) is 4.25. The molecule has 0 radical (unpaired) electrons. The summed E-state index contributed by atoms with van der Waals surface area (Å²) in [5, 5.41) is 2.72. The molecule has 3 aromatic rings. The molecule has 0 N–H and O–H groups in total. The number of thiophene rings is 1. The molecule has 4 heteroatoms. The van der Waals surface area contributed by atoms with Crippen LogP contribution in [-0.4, -0.2) is 5.78 Å².